The van der Waals surface area contributed by atoms with Crippen molar-refractivity contribution in [2.45, 2.75) is 12.8 Å². The number of aliphatic hydroxyl groups excluding tert-OH is 1. The number of aliphatic hydroxyl groups is 1. The maximum atomic E-state index is 9.61. The van der Waals surface area contributed by atoms with Crippen LogP contribution in [0.5, 0.6) is 0 Å². The Morgan fingerprint density at radius 1 is 1.38 bits per heavy atom. The Morgan fingerprint density at radius 2 is 2.06 bits per heavy atom. The maximum absolute atomic E-state index is 9.61. The van der Waals surface area contributed by atoms with E-state index in [1.54, 1.807) is 0 Å². The predicted molar refractivity (Wildman–Crippen MR) is 69.5 cm³/mol. The second-order valence-electron chi connectivity index (χ2n) is 4.95. The Kier molecular flexibility index (Phi) is 3.67. The average molecular weight is 284 g/mol. The third-order valence-corrected chi connectivity index (χ3v) is 3.99. The molecule has 0 bridgehead atoms. The largest absolute Gasteiger partial charge is 0.396 e. The zero-order chi connectivity index (χ0) is 11.6. The van der Waals surface area contributed by atoms with Crippen molar-refractivity contribution in [3.63, 3.8) is 0 Å². The van der Waals surface area contributed by atoms with E-state index in [0.717, 1.165) is 30.4 Å². The molecule has 0 spiro atoms. The van der Waals surface area contributed by atoms with E-state index in [1.165, 1.54) is 5.56 Å². The van der Waals surface area contributed by atoms with Gasteiger partial charge in [0.1, 0.15) is 0 Å². The highest BCUT2D eigenvalue weighted by atomic mass is 79.9. The number of benzene rings is 1. The van der Waals surface area contributed by atoms with Crippen LogP contribution in [0.2, 0.25) is 0 Å². The highest BCUT2D eigenvalue weighted by Gasteiger charge is 2.36. The standard InChI is InChI=1S/C13H18BrNO/c1-15-7-6-13(9-15,10-16)8-11-2-4-12(14)5-3-11/h2-5,16H,6-10H2,1H3. The van der Waals surface area contributed by atoms with Crippen molar-refractivity contribution >= 4 is 15.9 Å². The van der Waals surface area contributed by atoms with Crippen molar-refractivity contribution in [1.82, 2.24) is 4.90 Å². The molecule has 1 aromatic rings. The summed E-state index contributed by atoms with van der Waals surface area (Å²) in [7, 11) is 2.12. The fraction of sp³-hybridized carbons (Fsp3) is 0.538. The van der Waals surface area contributed by atoms with Gasteiger partial charge in [-0.1, -0.05) is 28.1 Å². The van der Waals surface area contributed by atoms with Crippen molar-refractivity contribution in [3.05, 3.63) is 34.3 Å². The molecule has 1 fully saturated rings. The van der Waals surface area contributed by atoms with Gasteiger partial charge in [0, 0.05) is 16.4 Å². The minimum atomic E-state index is 0.0720. The van der Waals surface area contributed by atoms with E-state index in [2.05, 4.69) is 52.1 Å². The Bertz CT molecular complexity index is 351. The van der Waals surface area contributed by atoms with Crippen LogP contribution in [0.15, 0.2) is 28.7 Å². The van der Waals surface area contributed by atoms with Gasteiger partial charge in [0.25, 0.3) is 0 Å². The highest BCUT2D eigenvalue weighted by molar-refractivity contribution is 9.10. The molecule has 1 aliphatic rings. The minimum absolute atomic E-state index is 0.0720. The molecule has 1 unspecified atom stereocenters. The summed E-state index contributed by atoms with van der Waals surface area (Å²) in [5, 5.41) is 9.61. The first kappa shape index (κ1) is 12.1. The van der Waals surface area contributed by atoms with E-state index in [9.17, 15) is 5.11 Å². The first-order valence-corrected chi connectivity index (χ1v) is 6.47. The van der Waals surface area contributed by atoms with Crippen LogP contribution < -0.4 is 0 Å². The first-order chi connectivity index (χ1) is 7.63. The van der Waals surface area contributed by atoms with Gasteiger partial charge in [-0.25, -0.2) is 0 Å². The first-order valence-electron chi connectivity index (χ1n) is 5.67. The van der Waals surface area contributed by atoms with Gasteiger partial charge in [0.15, 0.2) is 0 Å². The Balaban J connectivity index is 2.10. The molecule has 1 aliphatic heterocycles. The normalized spacial score (nSPS) is 26.2. The van der Waals surface area contributed by atoms with Crippen molar-refractivity contribution < 1.29 is 5.11 Å². The molecule has 1 heterocycles. The van der Waals surface area contributed by atoms with Gasteiger partial charge in [-0.15, -0.1) is 0 Å². The summed E-state index contributed by atoms with van der Waals surface area (Å²) in [6.45, 7) is 2.38. The van der Waals surface area contributed by atoms with E-state index in [1.807, 2.05) is 0 Å². The summed E-state index contributed by atoms with van der Waals surface area (Å²) in [6, 6.07) is 8.41. The van der Waals surface area contributed by atoms with Crippen molar-refractivity contribution in [2.75, 3.05) is 26.7 Å². The lowest BCUT2D eigenvalue weighted by Gasteiger charge is -2.26. The van der Waals surface area contributed by atoms with E-state index in [-0.39, 0.29) is 12.0 Å². The minimum Gasteiger partial charge on any atom is -0.396 e. The van der Waals surface area contributed by atoms with E-state index in [0.29, 0.717) is 0 Å². The lowest BCUT2D eigenvalue weighted by Crippen LogP contribution is -2.31. The summed E-state index contributed by atoms with van der Waals surface area (Å²) in [5.41, 5.74) is 1.38. The quantitative estimate of drug-likeness (QED) is 0.920. The molecule has 2 rings (SSSR count). The van der Waals surface area contributed by atoms with Crippen LogP contribution in [0.3, 0.4) is 0 Å². The number of hydrogen-bond donors (Lipinski definition) is 1. The van der Waals surface area contributed by atoms with Crippen LogP contribution in [0.25, 0.3) is 0 Å². The van der Waals surface area contributed by atoms with Gasteiger partial charge in [0.05, 0.1) is 6.61 Å². The molecular weight excluding hydrogens is 266 g/mol. The van der Waals surface area contributed by atoms with Crippen LogP contribution in [0, 0.1) is 5.41 Å². The van der Waals surface area contributed by atoms with Crippen molar-refractivity contribution in [1.29, 1.82) is 0 Å². The Morgan fingerprint density at radius 3 is 2.56 bits per heavy atom. The third kappa shape index (κ3) is 2.65. The molecule has 0 aliphatic carbocycles. The molecule has 1 aromatic carbocycles. The molecule has 1 saturated heterocycles. The van der Waals surface area contributed by atoms with E-state index in [4.69, 9.17) is 0 Å². The lowest BCUT2D eigenvalue weighted by molar-refractivity contribution is 0.132. The molecule has 1 atom stereocenters. The number of likely N-dealkylation sites (tertiary alicyclic amines) is 1. The number of hydrogen-bond acceptors (Lipinski definition) is 2. The van der Waals surface area contributed by atoms with Crippen LogP contribution in [0.1, 0.15) is 12.0 Å². The summed E-state index contributed by atoms with van der Waals surface area (Å²) in [6.07, 6.45) is 2.07. The van der Waals surface area contributed by atoms with Gasteiger partial charge in [-0.05, 0) is 44.1 Å². The van der Waals surface area contributed by atoms with Gasteiger partial charge < -0.3 is 10.0 Å². The maximum Gasteiger partial charge on any atom is 0.0503 e. The van der Waals surface area contributed by atoms with Crippen molar-refractivity contribution in [3.8, 4) is 0 Å². The second kappa shape index (κ2) is 4.86. The van der Waals surface area contributed by atoms with Gasteiger partial charge in [-0.3, -0.25) is 0 Å². The molecule has 16 heavy (non-hydrogen) atoms. The number of halogens is 1. The molecule has 0 saturated carbocycles. The van der Waals surface area contributed by atoms with E-state index >= 15 is 0 Å². The van der Waals surface area contributed by atoms with E-state index < -0.39 is 0 Å². The fourth-order valence-electron chi connectivity index (χ4n) is 2.52. The summed E-state index contributed by atoms with van der Waals surface area (Å²) >= 11 is 3.44. The molecule has 88 valence electrons. The molecule has 3 heteroatoms. The Hall–Kier alpha value is -0.380. The lowest BCUT2D eigenvalue weighted by atomic mass is 9.81. The molecule has 1 N–H and O–H groups in total. The molecule has 0 radical (unpaired) electrons. The molecule has 0 amide bonds. The summed E-state index contributed by atoms with van der Waals surface area (Å²) < 4.78 is 1.11. The Labute approximate surface area is 105 Å². The van der Waals surface area contributed by atoms with Crippen LogP contribution >= 0.6 is 15.9 Å². The smallest absolute Gasteiger partial charge is 0.0503 e. The zero-order valence-electron chi connectivity index (χ0n) is 9.62. The highest BCUT2D eigenvalue weighted by Crippen LogP contribution is 2.33. The molecular formula is C13H18BrNO. The van der Waals surface area contributed by atoms with Gasteiger partial charge in [0.2, 0.25) is 0 Å². The third-order valence-electron chi connectivity index (χ3n) is 3.46. The zero-order valence-corrected chi connectivity index (χ0v) is 11.2. The van der Waals surface area contributed by atoms with Crippen LogP contribution in [-0.4, -0.2) is 36.8 Å². The SMILES string of the molecule is CN1CCC(CO)(Cc2ccc(Br)cc2)C1. The van der Waals surface area contributed by atoms with Crippen molar-refractivity contribution in [2.24, 2.45) is 5.41 Å². The average Bonchev–Trinajstić information content (AvgIpc) is 2.64. The van der Waals surface area contributed by atoms with Gasteiger partial charge in [-0.2, -0.15) is 0 Å². The molecule has 2 nitrogen and oxygen atoms in total. The summed E-state index contributed by atoms with van der Waals surface area (Å²) in [5.74, 6) is 0. The van der Waals surface area contributed by atoms with Crippen LogP contribution in [0.4, 0.5) is 0 Å². The summed E-state index contributed by atoms with van der Waals surface area (Å²) in [4.78, 5) is 2.30. The number of rotatable bonds is 3. The second-order valence-corrected chi connectivity index (χ2v) is 5.86. The monoisotopic (exact) mass is 283 g/mol. The molecule has 0 aromatic heterocycles. The number of nitrogens with zero attached hydrogens (tertiary/aromatic N) is 1. The van der Waals surface area contributed by atoms with Crippen LogP contribution in [-0.2, 0) is 6.42 Å². The fourth-order valence-corrected chi connectivity index (χ4v) is 2.79. The predicted octanol–water partition coefficient (Wildman–Crippen LogP) is 2.31. The topological polar surface area (TPSA) is 23.5 Å². The van der Waals surface area contributed by atoms with Gasteiger partial charge >= 0.3 is 0 Å².